The van der Waals surface area contributed by atoms with E-state index in [9.17, 15) is 14.4 Å². The summed E-state index contributed by atoms with van der Waals surface area (Å²) in [4.78, 5) is 42.1. The number of nitrogens with zero attached hydrogens (tertiary/aromatic N) is 9. The number of anilines is 1. The average Bonchev–Trinajstić information content (AvgIpc) is 3.97. The number of aromatic nitrogens is 9. The Bertz CT molecular complexity index is 2550. The van der Waals surface area contributed by atoms with Crippen molar-refractivity contribution in [1.29, 1.82) is 0 Å². The van der Waals surface area contributed by atoms with Crippen LogP contribution in [0.3, 0.4) is 0 Å². The molecule has 268 valence electrons. The molecule has 6 heterocycles. The summed E-state index contributed by atoms with van der Waals surface area (Å²) in [5.41, 5.74) is 5.53. The Hall–Kier alpha value is -6.38. The minimum Gasteiger partial charge on any atom is -0.496 e. The standard InChI is InChI=1S/C38H37N11O4/c1-22-36-27(5-3-6-30(36)48(44-22)31-12-13-35(50)43-38(31)52)25-17-41-46(20-25)19-23-8-10-26(11-9-23)47-21-24-15-28(32(53-2)16-29(24)45-47)37(51)42-34-18-39-33-7-4-14-40-49(33)34/h3-7,14-18,20-21,23,26,31H,8-13,19H2,1-2H3,(H,42,51)(H,43,50,52). The van der Waals surface area contributed by atoms with Gasteiger partial charge in [0.2, 0.25) is 5.91 Å². The van der Waals surface area contributed by atoms with Crippen LogP contribution in [0.5, 0.6) is 5.75 Å². The molecular weight excluding hydrogens is 674 g/mol. The second-order valence-corrected chi connectivity index (χ2v) is 13.9. The van der Waals surface area contributed by atoms with Crippen molar-refractivity contribution in [2.24, 2.45) is 5.92 Å². The number of methoxy groups -OCH3 is 1. The first-order chi connectivity index (χ1) is 25.8. The highest BCUT2D eigenvalue weighted by Crippen LogP contribution is 2.36. The zero-order valence-electron chi connectivity index (χ0n) is 29.3. The minimum absolute atomic E-state index is 0.242. The molecule has 2 aliphatic rings. The largest absolute Gasteiger partial charge is 0.496 e. The normalized spacial score (nSPS) is 19.2. The van der Waals surface area contributed by atoms with Crippen LogP contribution < -0.4 is 15.4 Å². The predicted octanol–water partition coefficient (Wildman–Crippen LogP) is 5.27. The number of imidazole rings is 1. The number of nitrogens with one attached hydrogen (secondary N) is 2. The molecule has 5 aromatic heterocycles. The summed E-state index contributed by atoms with van der Waals surface area (Å²) >= 11 is 0. The van der Waals surface area contributed by atoms with Crippen molar-refractivity contribution in [1.82, 2.24) is 49.3 Å². The highest BCUT2D eigenvalue weighted by atomic mass is 16.5. The van der Waals surface area contributed by atoms with Crippen LogP contribution in [0.4, 0.5) is 5.82 Å². The lowest BCUT2D eigenvalue weighted by atomic mass is 9.86. The highest BCUT2D eigenvalue weighted by molar-refractivity contribution is 6.08. The Balaban J connectivity index is 0.871. The number of rotatable bonds is 8. The number of benzene rings is 2. The first-order valence-electron chi connectivity index (χ1n) is 17.8. The van der Waals surface area contributed by atoms with Crippen molar-refractivity contribution >= 4 is 51.0 Å². The van der Waals surface area contributed by atoms with Crippen molar-refractivity contribution in [2.75, 3.05) is 12.4 Å². The van der Waals surface area contributed by atoms with Crippen molar-refractivity contribution in [2.45, 2.75) is 64.1 Å². The van der Waals surface area contributed by atoms with Gasteiger partial charge in [0.1, 0.15) is 11.8 Å². The summed E-state index contributed by atoms with van der Waals surface area (Å²) in [7, 11) is 1.55. The summed E-state index contributed by atoms with van der Waals surface area (Å²) in [5, 5.41) is 25.9. The second-order valence-electron chi connectivity index (χ2n) is 13.9. The smallest absolute Gasteiger partial charge is 0.260 e. The lowest BCUT2D eigenvalue weighted by molar-refractivity contribution is -0.135. The predicted molar refractivity (Wildman–Crippen MR) is 195 cm³/mol. The maximum absolute atomic E-state index is 13.4. The number of imide groups is 1. The molecule has 7 aromatic rings. The highest BCUT2D eigenvalue weighted by Gasteiger charge is 2.31. The van der Waals surface area contributed by atoms with Gasteiger partial charge in [-0.3, -0.25) is 33.7 Å². The van der Waals surface area contributed by atoms with E-state index in [2.05, 4.69) is 33.0 Å². The van der Waals surface area contributed by atoms with E-state index in [1.54, 1.807) is 34.8 Å². The Kier molecular flexibility index (Phi) is 7.97. The summed E-state index contributed by atoms with van der Waals surface area (Å²) < 4.78 is 13.0. The van der Waals surface area contributed by atoms with Crippen LogP contribution in [0, 0.1) is 12.8 Å². The molecule has 0 radical (unpaired) electrons. The van der Waals surface area contributed by atoms with Crippen molar-refractivity contribution < 1.29 is 19.1 Å². The van der Waals surface area contributed by atoms with E-state index in [0.717, 1.165) is 70.9 Å². The minimum atomic E-state index is -0.517. The molecule has 1 saturated heterocycles. The third-order valence-electron chi connectivity index (χ3n) is 10.6. The fraction of sp³-hybridized carbons (Fsp3) is 0.316. The number of amides is 3. The molecule has 2 N–H and O–H groups in total. The van der Waals surface area contributed by atoms with E-state index in [1.807, 2.05) is 59.0 Å². The van der Waals surface area contributed by atoms with E-state index in [4.69, 9.17) is 20.0 Å². The summed E-state index contributed by atoms with van der Waals surface area (Å²) in [6, 6.07) is 13.0. The number of fused-ring (bicyclic) bond motifs is 3. The number of carbonyl (C=O) groups excluding carboxylic acids is 3. The van der Waals surface area contributed by atoms with Crippen LogP contribution in [-0.2, 0) is 16.1 Å². The topological polar surface area (TPSA) is 168 Å². The van der Waals surface area contributed by atoms with Gasteiger partial charge in [-0.05, 0) is 74.8 Å². The molecule has 1 aliphatic carbocycles. The van der Waals surface area contributed by atoms with Gasteiger partial charge < -0.3 is 10.1 Å². The Morgan fingerprint density at radius 1 is 1.00 bits per heavy atom. The molecule has 0 bridgehead atoms. The fourth-order valence-corrected chi connectivity index (χ4v) is 7.93. The lowest BCUT2D eigenvalue weighted by Crippen LogP contribution is -2.42. The number of carbonyl (C=O) groups is 3. The third-order valence-corrected chi connectivity index (χ3v) is 10.6. The number of ether oxygens (including phenoxy) is 1. The average molecular weight is 712 g/mol. The van der Waals surface area contributed by atoms with Gasteiger partial charge >= 0.3 is 0 Å². The maximum Gasteiger partial charge on any atom is 0.260 e. The maximum atomic E-state index is 13.4. The van der Waals surface area contributed by atoms with Gasteiger partial charge in [0.15, 0.2) is 11.5 Å². The van der Waals surface area contributed by atoms with Crippen molar-refractivity contribution in [3.8, 4) is 16.9 Å². The van der Waals surface area contributed by atoms with E-state index in [1.165, 1.54) is 0 Å². The van der Waals surface area contributed by atoms with Crippen LogP contribution in [0.2, 0.25) is 0 Å². The molecule has 9 rings (SSSR count). The first-order valence-corrected chi connectivity index (χ1v) is 17.8. The van der Waals surface area contributed by atoms with Crippen LogP contribution in [0.25, 0.3) is 38.6 Å². The number of hydrogen-bond acceptors (Lipinski definition) is 9. The lowest BCUT2D eigenvalue weighted by Gasteiger charge is -2.28. The molecule has 53 heavy (non-hydrogen) atoms. The third kappa shape index (κ3) is 5.87. The van der Waals surface area contributed by atoms with Crippen molar-refractivity contribution in [3.05, 3.63) is 84.7 Å². The SMILES string of the molecule is COc1cc2nn(C3CCC(Cn4cc(-c5cccc6c5c(C)nn6C5CCC(=O)NC5=O)cn4)CC3)cc2cc1C(=O)Nc1cnc2cccnn12. The molecule has 1 saturated carbocycles. The van der Waals surface area contributed by atoms with Crippen LogP contribution >= 0.6 is 0 Å². The van der Waals surface area contributed by atoms with Gasteiger partial charge in [0.05, 0.1) is 47.8 Å². The van der Waals surface area contributed by atoms with E-state index in [-0.39, 0.29) is 23.8 Å². The van der Waals surface area contributed by atoms with Gasteiger partial charge in [-0.2, -0.15) is 24.9 Å². The van der Waals surface area contributed by atoms with E-state index >= 15 is 0 Å². The van der Waals surface area contributed by atoms with Gasteiger partial charge in [0, 0.05) is 54.0 Å². The van der Waals surface area contributed by atoms with Crippen LogP contribution in [-0.4, -0.2) is 68.8 Å². The molecule has 1 aliphatic heterocycles. The monoisotopic (exact) mass is 711 g/mol. The Morgan fingerprint density at radius 2 is 1.87 bits per heavy atom. The van der Waals surface area contributed by atoms with Crippen LogP contribution in [0.15, 0.2) is 73.4 Å². The molecule has 15 heteroatoms. The number of piperidine rings is 1. The molecule has 3 amide bonds. The van der Waals surface area contributed by atoms with Gasteiger partial charge in [-0.25, -0.2) is 4.98 Å². The van der Waals surface area contributed by atoms with E-state index < -0.39 is 6.04 Å². The summed E-state index contributed by atoms with van der Waals surface area (Å²) in [6.07, 6.45) is 14.0. The second kappa shape index (κ2) is 13.0. The Morgan fingerprint density at radius 3 is 2.70 bits per heavy atom. The summed E-state index contributed by atoms with van der Waals surface area (Å²) in [6.45, 7) is 2.77. The molecule has 1 atom stereocenters. The quantitative estimate of drug-likeness (QED) is 0.200. The number of aryl methyl sites for hydroxylation is 1. The molecule has 2 aromatic carbocycles. The zero-order chi connectivity index (χ0) is 36.2. The molecule has 2 fully saturated rings. The molecular formula is C38H37N11O4. The van der Waals surface area contributed by atoms with Crippen molar-refractivity contribution in [3.63, 3.8) is 0 Å². The molecule has 0 spiro atoms. The van der Waals surface area contributed by atoms with Gasteiger partial charge in [0.25, 0.3) is 11.8 Å². The zero-order valence-corrected chi connectivity index (χ0v) is 29.3. The molecule has 1 unspecified atom stereocenters. The number of hydrogen-bond donors (Lipinski definition) is 2. The Labute approximate surface area is 302 Å². The first kappa shape index (κ1) is 32.5. The van der Waals surface area contributed by atoms with Gasteiger partial charge in [-0.15, -0.1) is 0 Å². The fourth-order valence-electron chi connectivity index (χ4n) is 7.93. The molecule has 15 nitrogen and oxygen atoms in total. The van der Waals surface area contributed by atoms with E-state index in [0.29, 0.717) is 41.5 Å². The van der Waals surface area contributed by atoms with Crippen LogP contribution in [0.1, 0.15) is 66.7 Å². The summed E-state index contributed by atoms with van der Waals surface area (Å²) in [5.74, 6) is 0.513. The van der Waals surface area contributed by atoms with Gasteiger partial charge in [-0.1, -0.05) is 12.1 Å².